The van der Waals surface area contributed by atoms with E-state index < -0.39 is 35.0 Å². The quantitative estimate of drug-likeness (QED) is 0.0623. The fourth-order valence-electron chi connectivity index (χ4n) is 5.23. The van der Waals surface area contributed by atoms with Crippen LogP contribution in [0.3, 0.4) is 0 Å². The predicted molar refractivity (Wildman–Crippen MR) is 186 cm³/mol. The van der Waals surface area contributed by atoms with Gasteiger partial charge in [-0.25, -0.2) is 9.59 Å². The van der Waals surface area contributed by atoms with Gasteiger partial charge in [-0.2, -0.15) is 0 Å². The highest BCUT2D eigenvalue weighted by Gasteiger charge is 2.27. The van der Waals surface area contributed by atoms with Crippen LogP contribution in [0.1, 0.15) is 137 Å². The molecule has 1 aliphatic carbocycles. The van der Waals surface area contributed by atoms with Crippen molar-refractivity contribution in [3.8, 4) is 11.5 Å². The number of rotatable bonds is 24. The maximum absolute atomic E-state index is 12.6. The lowest BCUT2D eigenvalue weighted by Crippen LogP contribution is -2.20. The van der Waals surface area contributed by atoms with Crippen molar-refractivity contribution >= 4 is 23.5 Å². The molecule has 0 bridgehead atoms. The highest BCUT2D eigenvalue weighted by atomic mass is 16.5. The Morgan fingerprint density at radius 3 is 1.10 bits per heavy atom. The molecule has 0 spiro atoms. The maximum Gasteiger partial charge on any atom is 0.343 e. The van der Waals surface area contributed by atoms with E-state index >= 15 is 0 Å². The molecule has 2 aromatic carbocycles. The van der Waals surface area contributed by atoms with E-state index in [0.29, 0.717) is 24.7 Å². The Kier molecular flexibility index (Phi) is 17.8. The van der Waals surface area contributed by atoms with Crippen LogP contribution in [0.2, 0.25) is 0 Å². The van der Waals surface area contributed by atoms with E-state index in [2.05, 4.69) is 13.8 Å². The van der Waals surface area contributed by atoms with E-state index in [1.807, 2.05) is 0 Å². The molecule has 8 nitrogen and oxygen atoms in total. The zero-order valence-corrected chi connectivity index (χ0v) is 28.8. The number of ketones is 2. The molecule has 0 aliphatic heterocycles. The average molecular weight is 661 g/mol. The second kappa shape index (κ2) is 22.4. The van der Waals surface area contributed by atoms with Crippen molar-refractivity contribution in [2.45, 2.75) is 117 Å². The van der Waals surface area contributed by atoms with Crippen LogP contribution in [0.5, 0.6) is 11.5 Å². The van der Waals surface area contributed by atoms with E-state index in [1.54, 1.807) is 24.3 Å². The Morgan fingerprint density at radius 2 is 0.771 bits per heavy atom. The summed E-state index contributed by atoms with van der Waals surface area (Å²) in [6.07, 6.45) is 21.1. The first-order chi connectivity index (χ1) is 23.4. The third-order valence-electron chi connectivity index (χ3n) is 8.13. The van der Waals surface area contributed by atoms with Crippen molar-refractivity contribution in [2.24, 2.45) is 0 Å². The van der Waals surface area contributed by atoms with Crippen molar-refractivity contribution in [1.29, 1.82) is 0 Å². The maximum atomic E-state index is 12.6. The summed E-state index contributed by atoms with van der Waals surface area (Å²) in [5.74, 6) is -2.75. The number of unbranched alkanes of at least 4 members (excludes halogenated alkanes) is 14. The molecule has 0 saturated heterocycles. The summed E-state index contributed by atoms with van der Waals surface area (Å²) in [5, 5.41) is 0. The largest absolute Gasteiger partial charge is 0.494 e. The van der Waals surface area contributed by atoms with E-state index in [4.69, 9.17) is 18.9 Å². The number of carbonyl (C=O) groups is 4. The molecular weight excluding hydrogens is 608 g/mol. The molecule has 0 atom stereocenters. The third-order valence-corrected chi connectivity index (χ3v) is 8.13. The normalized spacial score (nSPS) is 12.7. The van der Waals surface area contributed by atoms with Gasteiger partial charge < -0.3 is 18.9 Å². The van der Waals surface area contributed by atoms with Gasteiger partial charge in [-0.05, 0) is 61.4 Å². The van der Waals surface area contributed by atoms with Crippen LogP contribution in [-0.4, -0.2) is 36.7 Å². The molecule has 0 unspecified atom stereocenters. The van der Waals surface area contributed by atoms with Crippen molar-refractivity contribution in [3.63, 3.8) is 0 Å². The fraction of sp³-hybridized carbons (Fsp3) is 0.500. The van der Waals surface area contributed by atoms with Crippen molar-refractivity contribution in [2.75, 3.05) is 13.2 Å². The number of hydrogen-bond donors (Lipinski definition) is 0. The summed E-state index contributed by atoms with van der Waals surface area (Å²) >= 11 is 0. The van der Waals surface area contributed by atoms with Gasteiger partial charge >= 0.3 is 11.9 Å². The molecule has 8 heteroatoms. The van der Waals surface area contributed by atoms with Crippen molar-refractivity contribution in [3.05, 3.63) is 83.3 Å². The molecule has 0 amide bonds. The first kappa shape index (κ1) is 38.2. The fourth-order valence-corrected chi connectivity index (χ4v) is 5.23. The summed E-state index contributed by atoms with van der Waals surface area (Å²) in [5.41, 5.74) is 0.393. The number of carbonyl (C=O) groups excluding carboxylic acids is 4. The molecule has 0 radical (unpaired) electrons. The molecule has 48 heavy (non-hydrogen) atoms. The minimum Gasteiger partial charge on any atom is -0.494 e. The standard InChI is InChI=1S/C40H52O8/c1-3-5-7-9-11-13-15-17-27-45-33-23-19-31(20-24-33)39(43)47-37-29-36(42)38(30-35(37)41)48-40(44)32-21-25-34(26-22-32)46-28-18-16-14-12-10-8-6-4-2/h19-26,29-30H,3-18,27-28H2,1-2H3. The van der Waals surface area contributed by atoms with Crippen LogP contribution in [0.15, 0.2) is 72.2 Å². The number of allylic oxidation sites excluding steroid dienone is 2. The third kappa shape index (κ3) is 14.3. The Balaban J connectivity index is 1.37. The van der Waals surface area contributed by atoms with Gasteiger partial charge in [0.15, 0.2) is 11.5 Å². The number of ether oxygens (including phenoxy) is 4. The highest BCUT2D eigenvalue weighted by molar-refractivity contribution is 6.19. The zero-order chi connectivity index (χ0) is 34.4. The van der Waals surface area contributed by atoms with Crippen molar-refractivity contribution < 1.29 is 38.1 Å². The van der Waals surface area contributed by atoms with Gasteiger partial charge in [0.1, 0.15) is 11.5 Å². The lowest BCUT2D eigenvalue weighted by molar-refractivity contribution is -0.118. The zero-order valence-electron chi connectivity index (χ0n) is 28.8. The molecule has 2 aromatic rings. The number of hydrogen-bond acceptors (Lipinski definition) is 8. The summed E-state index contributed by atoms with van der Waals surface area (Å²) in [6, 6.07) is 12.8. The summed E-state index contributed by atoms with van der Waals surface area (Å²) in [6.45, 7) is 5.63. The number of esters is 2. The minimum atomic E-state index is -0.796. The molecule has 1 aliphatic rings. The SMILES string of the molecule is CCCCCCCCCCOc1ccc(C(=O)OC2=CC(=O)C(OC(=O)c3ccc(OCCCCCCCCCC)cc3)=CC2=O)cc1. The summed E-state index contributed by atoms with van der Waals surface area (Å²) < 4.78 is 21.9. The van der Waals surface area contributed by atoms with Crippen molar-refractivity contribution in [1.82, 2.24) is 0 Å². The first-order valence-corrected chi connectivity index (χ1v) is 17.8. The van der Waals surface area contributed by atoms with Crippen LogP contribution in [0, 0.1) is 0 Å². The van der Waals surface area contributed by atoms with E-state index in [9.17, 15) is 19.2 Å². The monoisotopic (exact) mass is 660 g/mol. The van der Waals surface area contributed by atoms with Crippen LogP contribution >= 0.6 is 0 Å². The van der Waals surface area contributed by atoms with Gasteiger partial charge in [0, 0.05) is 12.2 Å². The Morgan fingerprint density at radius 1 is 0.458 bits per heavy atom. The molecule has 3 rings (SSSR count). The van der Waals surface area contributed by atoms with E-state index in [1.165, 1.54) is 101 Å². The summed E-state index contributed by atoms with van der Waals surface area (Å²) in [4.78, 5) is 50.5. The van der Waals surface area contributed by atoms with Gasteiger partial charge in [-0.3, -0.25) is 9.59 Å². The lowest BCUT2D eigenvalue weighted by atomic mass is 10.1. The Bertz CT molecular complexity index is 1250. The van der Waals surface area contributed by atoms with Crippen LogP contribution in [0.25, 0.3) is 0 Å². The Hall–Kier alpha value is -4.20. The van der Waals surface area contributed by atoms with E-state index in [-0.39, 0.29) is 11.1 Å². The smallest absolute Gasteiger partial charge is 0.343 e. The average Bonchev–Trinajstić information content (AvgIpc) is 3.09. The molecular formula is C40H52O8. The van der Waals surface area contributed by atoms with Gasteiger partial charge in [-0.1, -0.05) is 104 Å². The highest BCUT2D eigenvalue weighted by Crippen LogP contribution is 2.21. The van der Waals surface area contributed by atoms with Gasteiger partial charge in [-0.15, -0.1) is 0 Å². The molecule has 0 heterocycles. The minimum absolute atomic E-state index is 0.196. The van der Waals surface area contributed by atoms with Gasteiger partial charge in [0.2, 0.25) is 11.6 Å². The van der Waals surface area contributed by atoms with Gasteiger partial charge in [0.25, 0.3) is 0 Å². The summed E-state index contributed by atoms with van der Waals surface area (Å²) in [7, 11) is 0. The first-order valence-electron chi connectivity index (χ1n) is 17.8. The molecule has 0 fully saturated rings. The van der Waals surface area contributed by atoms with Gasteiger partial charge in [0.05, 0.1) is 24.3 Å². The van der Waals surface area contributed by atoms with Crippen LogP contribution < -0.4 is 9.47 Å². The predicted octanol–water partition coefficient (Wildman–Crippen LogP) is 9.66. The molecule has 0 saturated carbocycles. The molecule has 0 aromatic heterocycles. The number of benzene rings is 2. The molecule has 260 valence electrons. The lowest BCUT2D eigenvalue weighted by Gasteiger charge is -2.13. The second-order valence-electron chi connectivity index (χ2n) is 12.2. The van der Waals surface area contributed by atoms with E-state index in [0.717, 1.165) is 37.8 Å². The Labute approximate surface area is 285 Å². The van der Waals surface area contributed by atoms with Crippen LogP contribution in [0.4, 0.5) is 0 Å². The molecule has 0 N–H and O–H groups in total. The second-order valence-corrected chi connectivity index (χ2v) is 12.2. The topological polar surface area (TPSA) is 105 Å². The van der Waals surface area contributed by atoms with Crippen LogP contribution in [-0.2, 0) is 19.1 Å².